The Morgan fingerprint density at radius 1 is 1.19 bits per heavy atom. The number of anilines is 1. The van der Waals surface area contributed by atoms with E-state index in [1.165, 1.54) is 11.8 Å². The van der Waals surface area contributed by atoms with Crippen molar-refractivity contribution in [1.29, 1.82) is 0 Å². The molecule has 0 aliphatic carbocycles. The zero-order valence-electron chi connectivity index (χ0n) is 12.0. The molecule has 0 amide bonds. The summed E-state index contributed by atoms with van der Waals surface area (Å²) in [6.45, 7) is 5.34. The molecule has 7 heteroatoms. The molecule has 5 nitrogen and oxygen atoms in total. The van der Waals surface area contributed by atoms with Gasteiger partial charge in [0.15, 0.2) is 0 Å². The summed E-state index contributed by atoms with van der Waals surface area (Å²) in [4.78, 5) is 14.0. The predicted octanol–water partition coefficient (Wildman–Crippen LogP) is 4.01. The van der Waals surface area contributed by atoms with Crippen LogP contribution in [0, 0.1) is 0 Å². The maximum Gasteiger partial charge on any atom is 0.322 e. The molecule has 21 heavy (non-hydrogen) atoms. The smallest absolute Gasteiger partial charge is 0.322 e. The molecule has 112 valence electrons. The first kappa shape index (κ1) is 16.0. The second-order valence-electron chi connectivity index (χ2n) is 4.12. The maximum absolute atomic E-state index is 5.41. The van der Waals surface area contributed by atoms with Crippen molar-refractivity contribution in [3.05, 3.63) is 28.7 Å². The van der Waals surface area contributed by atoms with Crippen molar-refractivity contribution in [2.75, 3.05) is 18.5 Å². The van der Waals surface area contributed by atoms with Crippen LogP contribution >= 0.6 is 27.7 Å². The molecule has 0 unspecified atom stereocenters. The van der Waals surface area contributed by atoms with Gasteiger partial charge in [-0.05, 0) is 53.2 Å². The van der Waals surface area contributed by atoms with E-state index in [4.69, 9.17) is 4.74 Å². The van der Waals surface area contributed by atoms with Crippen LogP contribution in [-0.2, 0) is 0 Å². The highest BCUT2D eigenvalue weighted by Crippen LogP contribution is 2.32. The highest BCUT2D eigenvalue weighted by atomic mass is 79.9. The number of aromatic nitrogens is 3. The summed E-state index contributed by atoms with van der Waals surface area (Å²) < 4.78 is 6.42. The van der Waals surface area contributed by atoms with E-state index in [0.29, 0.717) is 23.7 Å². The fraction of sp³-hybridized carbons (Fsp3) is 0.357. The summed E-state index contributed by atoms with van der Waals surface area (Å²) in [5, 5.41) is 3.78. The number of ether oxygens (including phenoxy) is 1. The number of hydrogen-bond acceptors (Lipinski definition) is 6. The fourth-order valence-electron chi connectivity index (χ4n) is 1.52. The van der Waals surface area contributed by atoms with Crippen molar-refractivity contribution >= 4 is 33.6 Å². The van der Waals surface area contributed by atoms with E-state index < -0.39 is 0 Å². The lowest BCUT2D eigenvalue weighted by Crippen LogP contribution is -2.08. The van der Waals surface area contributed by atoms with Crippen molar-refractivity contribution < 1.29 is 4.74 Å². The van der Waals surface area contributed by atoms with Gasteiger partial charge in [0, 0.05) is 15.9 Å². The minimum absolute atomic E-state index is 0.348. The summed E-state index contributed by atoms with van der Waals surface area (Å²) in [7, 11) is 0. The third kappa shape index (κ3) is 4.86. The van der Waals surface area contributed by atoms with Gasteiger partial charge in [0.05, 0.1) is 6.61 Å². The van der Waals surface area contributed by atoms with Gasteiger partial charge in [0.1, 0.15) is 0 Å². The first-order valence-electron chi connectivity index (χ1n) is 6.78. The van der Waals surface area contributed by atoms with Crippen LogP contribution in [0.4, 0.5) is 5.95 Å². The molecule has 2 rings (SSSR count). The Hall–Kier alpha value is -1.34. The average Bonchev–Trinajstić information content (AvgIpc) is 2.48. The van der Waals surface area contributed by atoms with Gasteiger partial charge in [0.25, 0.3) is 0 Å². The topological polar surface area (TPSA) is 59.9 Å². The maximum atomic E-state index is 5.41. The number of nitrogens with one attached hydrogen (secondary N) is 1. The standard InChI is InChI=1S/C14H17BrN4OS/c1-3-9-16-12-17-13(20-4-2)19-14(18-12)21-11-8-6-5-7-10(11)15/h5-8H,3-4,9H2,1-2H3,(H,16,17,18,19). The van der Waals surface area contributed by atoms with Crippen molar-refractivity contribution in [3.8, 4) is 6.01 Å². The van der Waals surface area contributed by atoms with E-state index in [0.717, 1.165) is 22.3 Å². The Balaban J connectivity index is 2.24. The Morgan fingerprint density at radius 3 is 2.71 bits per heavy atom. The molecule has 1 aromatic heterocycles. The van der Waals surface area contributed by atoms with E-state index in [2.05, 4.69) is 43.1 Å². The van der Waals surface area contributed by atoms with Crippen LogP contribution in [0.2, 0.25) is 0 Å². The lowest BCUT2D eigenvalue weighted by atomic mass is 10.4. The quantitative estimate of drug-likeness (QED) is 0.796. The second kappa shape index (κ2) is 8.19. The first-order chi connectivity index (χ1) is 10.2. The molecule has 0 aliphatic heterocycles. The Bertz CT molecular complexity index is 597. The molecule has 0 radical (unpaired) electrons. The minimum atomic E-state index is 0.348. The third-order valence-corrected chi connectivity index (χ3v) is 4.33. The largest absolute Gasteiger partial charge is 0.464 e. The van der Waals surface area contributed by atoms with Crippen molar-refractivity contribution in [3.63, 3.8) is 0 Å². The molecule has 1 aromatic carbocycles. The molecule has 1 heterocycles. The zero-order chi connectivity index (χ0) is 15.1. The summed E-state index contributed by atoms with van der Waals surface area (Å²) in [6, 6.07) is 8.30. The van der Waals surface area contributed by atoms with Gasteiger partial charge in [-0.15, -0.1) is 0 Å². The van der Waals surface area contributed by atoms with E-state index in [1.54, 1.807) is 0 Å². The molecule has 0 saturated carbocycles. The van der Waals surface area contributed by atoms with Crippen LogP contribution in [0.15, 0.2) is 38.8 Å². The minimum Gasteiger partial charge on any atom is -0.464 e. The third-order valence-electron chi connectivity index (χ3n) is 2.44. The number of nitrogens with zero attached hydrogens (tertiary/aromatic N) is 3. The highest BCUT2D eigenvalue weighted by Gasteiger charge is 2.10. The number of benzene rings is 1. The summed E-state index contributed by atoms with van der Waals surface area (Å²) in [5.41, 5.74) is 0. The molecule has 0 bridgehead atoms. The van der Waals surface area contributed by atoms with E-state index in [1.807, 2.05) is 31.2 Å². The van der Waals surface area contributed by atoms with E-state index in [-0.39, 0.29) is 0 Å². The lowest BCUT2D eigenvalue weighted by Gasteiger charge is -2.08. The number of halogens is 1. The van der Waals surface area contributed by atoms with Crippen molar-refractivity contribution in [2.45, 2.75) is 30.3 Å². The van der Waals surface area contributed by atoms with Gasteiger partial charge in [-0.2, -0.15) is 15.0 Å². The summed E-state index contributed by atoms with van der Waals surface area (Å²) >= 11 is 5.00. The summed E-state index contributed by atoms with van der Waals surface area (Å²) in [6.07, 6.45) is 1.00. The van der Waals surface area contributed by atoms with E-state index in [9.17, 15) is 0 Å². The van der Waals surface area contributed by atoms with Gasteiger partial charge < -0.3 is 10.1 Å². The van der Waals surface area contributed by atoms with Crippen molar-refractivity contribution in [2.24, 2.45) is 0 Å². The van der Waals surface area contributed by atoms with Gasteiger partial charge >= 0.3 is 6.01 Å². The second-order valence-corrected chi connectivity index (χ2v) is 5.98. The van der Waals surface area contributed by atoms with Gasteiger partial charge in [0.2, 0.25) is 11.1 Å². The van der Waals surface area contributed by atoms with Crippen LogP contribution in [0.3, 0.4) is 0 Å². The summed E-state index contributed by atoms with van der Waals surface area (Å²) in [5.74, 6) is 0.546. The van der Waals surface area contributed by atoms with Gasteiger partial charge in [-0.25, -0.2) is 0 Å². The molecule has 0 aliphatic rings. The van der Waals surface area contributed by atoms with Gasteiger partial charge in [-0.1, -0.05) is 19.1 Å². The predicted molar refractivity (Wildman–Crippen MR) is 88.0 cm³/mol. The molecule has 0 saturated heterocycles. The average molecular weight is 369 g/mol. The van der Waals surface area contributed by atoms with Crippen molar-refractivity contribution in [1.82, 2.24) is 15.0 Å². The molecular formula is C14H17BrN4OS. The van der Waals surface area contributed by atoms with Crippen LogP contribution in [-0.4, -0.2) is 28.1 Å². The molecule has 0 atom stereocenters. The highest BCUT2D eigenvalue weighted by molar-refractivity contribution is 9.10. The van der Waals surface area contributed by atoms with Crippen LogP contribution in [0.25, 0.3) is 0 Å². The Labute approximate surface area is 137 Å². The monoisotopic (exact) mass is 368 g/mol. The molecule has 0 fully saturated rings. The number of rotatable bonds is 7. The molecule has 1 N–H and O–H groups in total. The molecular weight excluding hydrogens is 352 g/mol. The Morgan fingerprint density at radius 2 is 2.00 bits per heavy atom. The normalized spacial score (nSPS) is 10.4. The fourth-order valence-corrected chi connectivity index (χ4v) is 2.81. The molecule has 2 aromatic rings. The zero-order valence-corrected chi connectivity index (χ0v) is 14.4. The number of hydrogen-bond donors (Lipinski definition) is 1. The SMILES string of the molecule is CCCNc1nc(OCC)nc(Sc2ccccc2Br)n1. The molecule has 0 spiro atoms. The van der Waals surface area contributed by atoms with Crippen LogP contribution < -0.4 is 10.1 Å². The Kier molecular flexibility index (Phi) is 6.25. The van der Waals surface area contributed by atoms with E-state index >= 15 is 0 Å². The van der Waals surface area contributed by atoms with Gasteiger partial charge in [-0.3, -0.25) is 0 Å². The first-order valence-corrected chi connectivity index (χ1v) is 8.39. The van der Waals surface area contributed by atoms with Crippen LogP contribution in [0.5, 0.6) is 6.01 Å². The van der Waals surface area contributed by atoms with Crippen LogP contribution in [0.1, 0.15) is 20.3 Å². The lowest BCUT2D eigenvalue weighted by molar-refractivity contribution is 0.308.